The predicted molar refractivity (Wildman–Crippen MR) is 102 cm³/mol. The summed E-state index contributed by atoms with van der Waals surface area (Å²) >= 11 is 0. The molecule has 0 saturated heterocycles. The number of hydrogen-bond donors (Lipinski definition) is 2. The van der Waals surface area contributed by atoms with Crippen molar-refractivity contribution in [3.05, 3.63) is 46.8 Å². The van der Waals surface area contributed by atoms with Gasteiger partial charge in [-0.1, -0.05) is 17.7 Å². The number of benzene rings is 1. The van der Waals surface area contributed by atoms with Crippen molar-refractivity contribution >= 4 is 5.96 Å². The van der Waals surface area contributed by atoms with Crippen LogP contribution in [0.5, 0.6) is 5.75 Å². The lowest BCUT2D eigenvalue weighted by molar-refractivity contribution is 0.224. The van der Waals surface area contributed by atoms with Crippen molar-refractivity contribution in [2.75, 3.05) is 13.6 Å². The van der Waals surface area contributed by atoms with E-state index in [1.165, 1.54) is 11.1 Å². The number of ether oxygens (including phenoxy) is 1. The maximum Gasteiger partial charge on any atom is 0.191 e. The van der Waals surface area contributed by atoms with E-state index in [9.17, 15) is 0 Å². The van der Waals surface area contributed by atoms with Crippen molar-refractivity contribution in [3.8, 4) is 5.75 Å². The molecule has 6 nitrogen and oxygen atoms in total. The van der Waals surface area contributed by atoms with Crippen molar-refractivity contribution in [3.63, 3.8) is 0 Å². The van der Waals surface area contributed by atoms with Crippen molar-refractivity contribution in [1.29, 1.82) is 0 Å². The lowest BCUT2D eigenvalue weighted by atomic mass is 10.2. The highest BCUT2D eigenvalue weighted by atomic mass is 16.5. The lowest BCUT2D eigenvalue weighted by Gasteiger charge is -2.18. The van der Waals surface area contributed by atoms with Crippen LogP contribution in [0.15, 0.2) is 29.3 Å². The number of aryl methyl sites for hydroxylation is 3. The van der Waals surface area contributed by atoms with Gasteiger partial charge in [0.2, 0.25) is 0 Å². The molecular formula is C19H29N5O. The Hall–Kier alpha value is -2.50. The molecule has 0 aliphatic heterocycles. The van der Waals surface area contributed by atoms with Crippen LogP contribution in [0.3, 0.4) is 0 Å². The van der Waals surface area contributed by atoms with Crippen LogP contribution < -0.4 is 15.4 Å². The second-order valence-corrected chi connectivity index (χ2v) is 6.32. The molecule has 1 atom stereocenters. The molecule has 6 heteroatoms. The fourth-order valence-electron chi connectivity index (χ4n) is 2.60. The molecule has 1 aromatic carbocycles. The molecule has 0 aliphatic carbocycles. The van der Waals surface area contributed by atoms with Gasteiger partial charge in [0.15, 0.2) is 5.96 Å². The van der Waals surface area contributed by atoms with Crippen LogP contribution >= 0.6 is 0 Å². The minimum absolute atomic E-state index is 0.0307. The maximum absolute atomic E-state index is 5.91. The van der Waals surface area contributed by atoms with Crippen molar-refractivity contribution < 1.29 is 4.74 Å². The van der Waals surface area contributed by atoms with Crippen molar-refractivity contribution in [2.24, 2.45) is 12.0 Å². The summed E-state index contributed by atoms with van der Waals surface area (Å²) in [6.07, 6.45) is 0.0307. The Morgan fingerprint density at radius 3 is 2.44 bits per heavy atom. The molecule has 2 aromatic rings. The summed E-state index contributed by atoms with van der Waals surface area (Å²) in [5, 5.41) is 11.1. The monoisotopic (exact) mass is 343 g/mol. The van der Waals surface area contributed by atoms with Gasteiger partial charge in [0.1, 0.15) is 11.9 Å². The van der Waals surface area contributed by atoms with E-state index in [1.807, 2.05) is 37.7 Å². The normalized spacial score (nSPS) is 12.8. The second kappa shape index (κ2) is 8.55. The molecule has 2 N–H and O–H groups in total. The standard InChI is InChI=1S/C19H29N5O/c1-13-7-9-17(10-8-13)25-14(2)11-21-19(20-5)22-12-18-15(3)23-24(6)16(18)4/h7-10,14H,11-12H2,1-6H3,(H2,20,21,22). The molecule has 1 unspecified atom stereocenters. The van der Waals surface area contributed by atoms with Gasteiger partial charge in [-0.25, -0.2) is 0 Å². The summed E-state index contributed by atoms with van der Waals surface area (Å²) in [7, 11) is 3.73. The number of hydrogen-bond acceptors (Lipinski definition) is 3. The van der Waals surface area contributed by atoms with E-state index in [4.69, 9.17) is 4.74 Å². The van der Waals surface area contributed by atoms with Gasteiger partial charge in [-0.15, -0.1) is 0 Å². The van der Waals surface area contributed by atoms with Gasteiger partial charge in [0.05, 0.1) is 12.2 Å². The van der Waals surface area contributed by atoms with E-state index in [-0.39, 0.29) is 6.10 Å². The summed E-state index contributed by atoms with van der Waals surface area (Å²) in [6, 6.07) is 8.09. The van der Waals surface area contributed by atoms with Crippen LogP contribution in [0.25, 0.3) is 0 Å². The summed E-state index contributed by atoms with van der Waals surface area (Å²) in [6.45, 7) is 9.56. The number of aromatic nitrogens is 2. The Bertz CT molecular complexity index is 718. The topological polar surface area (TPSA) is 63.5 Å². The van der Waals surface area contributed by atoms with Crippen LogP contribution in [0, 0.1) is 20.8 Å². The largest absolute Gasteiger partial charge is 0.489 e. The molecule has 0 bridgehead atoms. The molecule has 0 fully saturated rings. The maximum atomic E-state index is 5.91. The minimum atomic E-state index is 0.0307. The molecule has 1 aromatic heterocycles. The first-order valence-electron chi connectivity index (χ1n) is 8.57. The summed E-state index contributed by atoms with van der Waals surface area (Å²) in [5.41, 5.74) is 4.63. The molecule has 0 radical (unpaired) electrons. The van der Waals surface area contributed by atoms with E-state index in [0.717, 1.165) is 23.1 Å². The molecule has 2 rings (SSSR count). The highest BCUT2D eigenvalue weighted by Crippen LogP contribution is 2.13. The Morgan fingerprint density at radius 1 is 1.20 bits per heavy atom. The zero-order valence-corrected chi connectivity index (χ0v) is 16.1. The third-order valence-electron chi connectivity index (χ3n) is 4.23. The smallest absolute Gasteiger partial charge is 0.191 e. The van der Waals surface area contributed by atoms with Crippen LogP contribution in [-0.4, -0.2) is 35.4 Å². The third kappa shape index (κ3) is 5.24. The van der Waals surface area contributed by atoms with Gasteiger partial charge in [-0.2, -0.15) is 5.10 Å². The van der Waals surface area contributed by atoms with E-state index < -0.39 is 0 Å². The zero-order valence-electron chi connectivity index (χ0n) is 16.1. The Balaban J connectivity index is 1.82. The molecule has 0 amide bonds. The van der Waals surface area contributed by atoms with Gasteiger partial charge in [-0.05, 0) is 39.8 Å². The minimum Gasteiger partial charge on any atom is -0.489 e. The first-order valence-corrected chi connectivity index (χ1v) is 8.57. The number of aliphatic imine (C=N–C) groups is 1. The highest BCUT2D eigenvalue weighted by Gasteiger charge is 2.10. The van der Waals surface area contributed by atoms with E-state index in [2.05, 4.69) is 46.7 Å². The van der Waals surface area contributed by atoms with E-state index >= 15 is 0 Å². The first kappa shape index (κ1) is 18.8. The molecule has 0 aliphatic rings. The fourth-order valence-corrected chi connectivity index (χ4v) is 2.60. The summed E-state index contributed by atoms with van der Waals surface area (Å²) in [4.78, 5) is 4.27. The molecule has 0 saturated carbocycles. The quantitative estimate of drug-likeness (QED) is 0.625. The number of rotatable bonds is 6. The average Bonchev–Trinajstić information content (AvgIpc) is 2.82. The van der Waals surface area contributed by atoms with Gasteiger partial charge < -0.3 is 15.4 Å². The van der Waals surface area contributed by atoms with Crippen LogP contribution in [0.1, 0.15) is 29.4 Å². The number of guanidine groups is 1. The average molecular weight is 343 g/mol. The van der Waals surface area contributed by atoms with Gasteiger partial charge >= 0.3 is 0 Å². The molecule has 25 heavy (non-hydrogen) atoms. The highest BCUT2D eigenvalue weighted by molar-refractivity contribution is 5.79. The van der Waals surface area contributed by atoms with Gasteiger partial charge in [0.25, 0.3) is 0 Å². The second-order valence-electron chi connectivity index (χ2n) is 6.32. The third-order valence-corrected chi connectivity index (χ3v) is 4.23. The molecule has 0 spiro atoms. The summed E-state index contributed by atoms with van der Waals surface area (Å²) in [5.74, 6) is 1.63. The van der Waals surface area contributed by atoms with Gasteiger partial charge in [0, 0.05) is 31.9 Å². The van der Waals surface area contributed by atoms with Crippen molar-refractivity contribution in [2.45, 2.75) is 40.3 Å². The number of nitrogens with one attached hydrogen (secondary N) is 2. The SMILES string of the molecule is CN=C(NCc1c(C)nn(C)c1C)NCC(C)Oc1ccc(C)cc1. The molecule has 136 valence electrons. The van der Waals surface area contributed by atoms with Crippen LogP contribution in [-0.2, 0) is 13.6 Å². The lowest BCUT2D eigenvalue weighted by Crippen LogP contribution is -2.41. The Labute approximate surface area is 150 Å². The Morgan fingerprint density at radius 2 is 1.88 bits per heavy atom. The van der Waals surface area contributed by atoms with Crippen LogP contribution in [0.4, 0.5) is 0 Å². The number of nitrogens with zero attached hydrogens (tertiary/aromatic N) is 3. The van der Waals surface area contributed by atoms with E-state index in [0.29, 0.717) is 13.1 Å². The Kier molecular flexibility index (Phi) is 6.44. The fraction of sp³-hybridized carbons (Fsp3) is 0.474. The van der Waals surface area contributed by atoms with E-state index in [1.54, 1.807) is 7.05 Å². The molecular weight excluding hydrogens is 314 g/mol. The first-order chi connectivity index (χ1) is 11.9. The summed E-state index contributed by atoms with van der Waals surface area (Å²) < 4.78 is 7.81. The van der Waals surface area contributed by atoms with Gasteiger partial charge in [-0.3, -0.25) is 9.67 Å². The van der Waals surface area contributed by atoms with Crippen LogP contribution in [0.2, 0.25) is 0 Å². The zero-order chi connectivity index (χ0) is 18.4. The van der Waals surface area contributed by atoms with Crippen molar-refractivity contribution in [1.82, 2.24) is 20.4 Å². The predicted octanol–water partition coefficient (Wildman–Crippen LogP) is 2.48. The molecule has 1 heterocycles.